The minimum absolute atomic E-state index is 0.0177. The SMILES string of the molecule is Cn1cnc2c(ncn2[C@@H]2O[C@H](CO[Si](C)(C)C(C)(C)C)[C@@]3(OS(=O)(=O)C=C3N)[C@H]2O[Si](C)(C)C(C)(C)C)c1=O. The normalized spacial score (nSPS) is 27.6. The van der Waals surface area contributed by atoms with Crippen LogP contribution in [0.2, 0.25) is 36.3 Å². The number of aromatic nitrogens is 4. The summed E-state index contributed by atoms with van der Waals surface area (Å²) in [7, 11) is -7.44. The summed E-state index contributed by atoms with van der Waals surface area (Å²) in [6.07, 6.45) is -0.0657. The second-order valence-corrected chi connectivity index (χ2v) is 24.8. The van der Waals surface area contributed by atoms with E-state index in [-0.39, 0.29) is 39.1 Å². The van der Waals surface area contributed by atoms with Crippen LogP contribution in [0.5, 0.6) is 0 Å². The molecule has 0 bridgehead atoms. The zero-order chi connectivity index (χ0) is 30.3. The summed E-state index contributed by atoms with van der Waals surface area (Å²) in [4.78, 5) is 21.6. The molecule has 15 heteroatoms. The first kappa shape index (κ1) is 31.1. The molecule has 4 heterocycles. The lowest BCUT2D eigenvalue weighted by Gasteiger charge is -2.43. The van der Waals surface area contributed by atoms with Gasteiger partial charge in [0.2, 0.25) is 0 Å². The standard InChI is InChI=1S/C25H43N5O7SSi2/c1-23(2,3)39(8,9)34-12-17-25(16(26)13-38(32,33)37-25)19(36-40(10,11)24(4,5)6)22(35-17)30-15-27-18-20(30)28-14-29(7)21(18)31/h13-15,17,19,22H,12,26H2,1-11H3/t17-,19+,22-,25-/m1/s1. The van der Waals surface area contributed by atoms with E-state index in [1.54, 1.807) is 11.6 Å². The van der Waals surface area contributed by atoms with Gasteiger partial charge in [-0.05, 0) is 36.3 Å². The fourth-order valence-electron chi connectivity index (χ4n) is 4.39. The van der Waals surface area contributed by atoms with Gasteiger partial charge in [0.15, 0.2) is 39.6 Å². The number of aryl methyl sites for hydroxylation is 1. The van der Waals surface area contributed by atoms with Crippen LogP contribution >= 0.6 is 0 Å². The van der Waals surface area contributed by atoms with Gasteiger partial charge < -0.3 is 23.9 Å². The first-order valence-corrected chi connectivity index (χ1v) is 20.6. The summed E-state index contributed by atoms with van der Waals surface area (Å²) in [6, 6.07) is 0. The molecule has 0 unspecified atom stereocenters. The Morgan fingerprint density at radius 1 is 1.05 bits per heavy atom. The molecule has 1 fully saturated rings. The number of imidazole rings is 1. The monoisotopic (exact) mass is 613 g/mol. The molecular formula is C25H43N5O7SSi2. The molecule has 2 aliphatic rings. The van der Waals surface area contributed by atoms with Crippen molar-refractivity contribution in [3.05, 3.63) is 34.1 Å². The molecule has 0 radical (unpaired) electrons. The van der Waals surface area contributed by atoms with Gasteiger partial charge in [-0.3, -0.25) is 9.36 Å². The van der Waals surface area contributed by atoms with Gasteiger partial charge in [0.1, 0.15) is 12.2 Å². The number of rotatable bonds is 6. The van der Waals surface area contributed by atoms with Crippen molar-refractivity contribution >= 4 is 37.9 Å². The van der Waals surface area contributed by atoms with Crippen LogP contribution in [0.25, 0.3) is 11.2 Å². The van der Waals surface area contributed by atoms with Crippen molar-refractivity contribution in [2.75, 3.05) is 6.61 Å². The molecule has 2 aromatic rings. The summed E-state index contributed by atoms with van der Waals surface area (Å²) < 4.78 is 54.7. The lowest BCUT2D eigenvalue weighted by Crippen LogP contribution is -2.59. The van der Waals surface area contributed by atoms with Crippen LogP contribution in [-0.4, -0.2) is 68.6 Å². The zero-order valence-electron chi connectivity index (χ0n) is 25.3. The maximum atomic E-state index is 12.9. The van der Waals surface area contributed by atoms with Gasteiger partial charge in [-0.15, -0.1) is 0 Å². The number of ether oxygens (including phenoxy) is 1. The summed E-state index contributed by atoms with van der Waals surface area (Å²) in [5.41, 5.74) is 4.92. The molecule has 0 amide bonds. The zero-order valence-corrected chi connectivity index (χ0v) is 28.1. The van der Waals surface area contributed by atoms with Crippen molar-refractivity contribution in [2.24, 2.45) is 12.8 Å². The lowest BCUT2D eigenvalue weighted by molar-refractivity contribution is -0.0535. The third kappa shape index (κ3) is 5.03. The van der Waals surface area contributed by atoms with Crippen molar-refractivity contribution < 1.29 is 26.2 Å². The van der Waals surface area contributed by atoms with Crippen LogP contribution < -0.4 is 11.3 Å². The van der Waals surface area contributed by atoms with Crippen LogP contribution in [0, 0.1) is 0 Å². The van der Waals surface area contributed by atoms with Crippen molar-refractivity contribution in [3.8, 4) is 0 Å². The Morgan fingerprint density at radius 2 is 1.65 bits per heavy atom. The second-order valence-electron chi connectivity index (χ2n) is 13.8. The number of hydrogen-bond acceptors (Lipinski definition) is 10. The van der Waals surface area contributed by atoms with E-state index in [0.717, 1.165) is 5.41 Å². The topological polar surface area (TPSA) is 150 Å². The lowest BCUT2D eigenvalue weighted by atomic mass is 9.89. The van der Waals surface area contributed by atoms with E-state index in [2.05, 4.69) is 77.7 Å². The van der Waals surface area contributed by atoms with Crippen LogP contribution in [-0.2, 0) is 34.9 Å². The van der Waals surface area contributed by atoms with Gasteiger partial charge in [0.05, 0.1) is 30.4 Å². The predicted molar refractivity (Wildman–Crippen MR) is 157 cm³/mol. The molecular weight excluding hydrogens is 571 g/mol. The Hall–Kier alpha value is -1.89. The van der Waals surface area contributed by atoms with E-state index in [1.807, 2.05) is 0 Å². The van der Waals surface area contributed by atoms with Crippen LogP contribution in [0.15, 0.2) is 28.6 Å². The van der Waals surface area contributed by atoms with Gasteiger partial charge in [-0.1, -0.05) is 41.5 Å². The third-order valence-corrected chi connectivity index (χ3v) is 19.0. The Bertz CT molecular complexity index is 1500. The molecule has 2 N–H and O–H groups in total. The molecule has 0 saturated carbocycles. The Morgan fingerprint density at radius 3 is 2.17 bits per heavy atom. The smallest absolute Gasteiger partial charge is 0.292 e. The maximum Gasteiger partial charge on any atom is 0.292 e. The van der Waals surface area contributed by atoms with Crippen molar-refractivity contribution in [2.45, 2.75) is 102 Å². The third-order valence-electron chi connectivity index (χ3n) is 8.99. The van der Waals surface area contributed by atoms with Crippen molar-refractivity contribution in [1.82, 2.24) is 19.1 Å². The van der Waals surface area contributed by atoms with Crippen molar-refractivity contribution in [3.63, 3.8) is 0 Å². The average Bonchev–Trinajstić information content (AvgIpc) is 3.40. The first-order chi connectivity index (χ1) is 18.0. The van der Waals surface area contributed by atoms with E-state index in [0.29, 0.717) is 0 Å². The van der Waals surface area contributed by atoms with Gasteiger partial charge in [-0.2, -0.15) is 8.42 Å². The molecule has 224 valence electrons. The second kappa shape index (κ2) is 9.57. The van der Waals surface area contributed by atoms with E-state index in [1.165, 1.54) is 17.2 Å². The summed E-state index contributed by atoms with van der Waals surface area (Å²) in [6.45, 7) is 20.9. The molecule has 4 atom stereocenters. The van der Waals surface area contributed by atoms with Crippen LogP contribution in [0.3, 0.4) is 0 Å². The molecule has 1 saturated heterocycles. The fraction of sp³-hybridized carbons (Fsp3) is 0.720. The number of fused-ring (bicyclic) bond motifs is 1. The van der Waals surface area contributed by atoms with Gasteiger partial charge in [0.25, 0.3) is 15.7 Å². The van der Waals surface area contributed by atoms with Gasteiger partial charge in [0, 0.05) is 7.05 Å². The number of nitrogens with zero attached hydrogens (tertiary/aromatic N) is 4. The summed E-state index contributed by atoms with van der Waals surface area (Å²) in [5.74, 6) is 0. The quantitative estimate of drug-likeness (QED) is 0.380. The highest BCUT2D eigenvalue weighted by atomic mass is 32.2. The number of hydrogen-bond donors (Lipinski definition) is 1. The minimum atomic E-state index is -4.14. The van der Waals surface area contributed by atoms with Gasteiger partial charge in [-0.25, -0.2) is 14.2 Å². The van der Waals surface area contributed by atoms with Gasteiger partial charge >= 0.3 is 0 Å². The molecule has 1 spiro atoms. The van der Waals surface area contributed by atoms with E-state index in [4.69, 9.17) is 23.5 Å². The van der Waals surface area contributed by atoms with Crippen molar-refractivity contribution in [1.29, 1.82) is 0 Å². The molecule has 4 rings (SSSR count). The molecule has 40 heavy (non-hydrogen) atoms. The van der Waals surface area contributed by atoms with E-state index >= 15 is 0 Å². The molecule has 0 aromatic carbocycles. The molecule has 2 aromatic heterocycles. The van der Waals surface area contributed by atoms with E-state index in [9.17, 15) is 13.2 Å². The predicted octanol–water partition coefficient (Wildman–Crippen LogP) is 3.34. The summed E-state index contributed by atoms with van der Waals surface area (Å²) in [5, 5.41) is 0.583. The Kier molecular flexibility index (Phi) is 7.43. The Balaban J connectivity index is 1.91. The molecule has 2 aliphatic heterocycles. The highest BCUT2D eigenvalue weighted by Crippen LogP contribution is 2.52. The fourth-order valence-corrected chi connectivity index (χ4v) is 7.90. The largest absolute Gasteiger partial charge is 0.414 e. The van der Waals surface area contributed by atoms with Crippen LogP contribution in [0.1, 0.15) is 47.8 Å². The summed E-state index contributed by atoms with van der Waals surface area (Å²) >= 11 is 0. The highest BCUT2D eigenvalue weighted by Gasteiger charge is 2.67. The Labute approximate surface area is 238 Å². The van der Waals surface area contributed by atoms with Crippen LogP contribution in [0.4, 0.5) is 0 Å². The molecule has 0 aliphatic carbocycles. The molecule has 12 nitrogen and oxygen atoms in total. The maximum absolute atomic E-state index is 12.9. The highest BCUT2D eigenvalue weighted by molar-refractivity contribution is 7.90. The average molecular weight is 614 g/mol. The first-order valence-electron chi connectivity index (χ1n) is 13.3. The minimum Gasteiger partial charge on any atom is -0.414 e. The number of nitrogens with two attached hydrogens (primary N) is 1. The van der Waals surface area contributed by atoms with E-state index < -0.39 is 50.8 Å².